The van der Waals surface area contributed by atoms with Crippen LogP contribution in [0.25, 0.3) is 0 Å². The average Bonchev–Trinajstić information content (AvgIpc) is 2.73. The quantitative estimate of drug-likeness (QED) is 0.574. The van der Waals surface area contributed by atoms with Crippen LogP contribution in [0.5, 0.6) is 0 Å². The van der Waals surface area contributed by atoms with E-state index in [9.17, 15) is 4.79 Å². The van der Waals surface area contributed by atoms with Crippen LogP contribution in [0, 0.1) is 0 Å². The minimum atomic E-state index is 0.242. The number of halogens is 1. The standard InChI is InChI=1S/C17H24BrNO/c1-19(16-9-4-2-3-5-10-16)12-11-17(20)14-7-6-8-15(18)13-14/h6-8,13,16H,2-5,9-12H2,1H3. The summed E-state index contributed by atoms with van der Waals surface area (Å²) in [7, 11) is 2.17. The van der Waals surface area contributed by atoms with Crippen LogP contribution in [0.15, 0.2) is 28.7 Å². The van der Waals surface area contributed by atoms with Crippen LogP contribution in [0.1, 0.15) is 55.3 Å². The van der Waals surface area contributed by atoms with Gasteiger partial charge in [-0.25, -0.2) is 0 Å². The van der Waals surface area contributed by atoms with E-state index in [1.807, 2.05) is 24.3 Å². The molecule has 110 valence electrons. The molecule has 2 rings (SSSR count). The molecule has 0 unspecified atom stereocenters. The fraction of sp³-hybridized carbons (Fsp3) is 0.588. The lowest BCUT2D eigenvalue weighted by atomic mass is 10.1. The molecule has 1 saturated carbocycles. The van der Waals surface area contributed by atoms with Crippen molar-refractivity contribution in [1.29, 1.82) is 0 Å². The van der Waals surface area contributed by atoms with Crippen molar-refractivity contribution < 1.29 is 4.79 Å². The molecule has 0 radical (unpaired) electrons. The summed E-state index contributed by atoms with van der Waals surface area (Å²) >= 11 is 3.42. The number of nitrogens with zero attached hydrogens (tertiary/aromatic N) is 1. The highest BCUT2D eigenvalue weighted by Crippen LogP contribution is 2.21. The smallest absolute Gasteiger partial charge is 0.164 e. The fourth-order valence-electron chi connectivity index (χ4n) is 2.97. The molecule has 20 heavy (non-hydrogen) atoms. The summed E-state index contributed by atoms with van der Waals surface area (Å²) in [6.45, 7) is 0.871. The van der Waals surface area contributed by atoms with Gasteiger partial charge in [-0.2, -0.15) is 0 Å². The minimum absolute atomic E-state index is 0.242. The summed E-state index contributed by atoms with van der Waals surface area (Å²) in [5, 5.41) is 0. The van der Waals surface area contributed by atoms with Gasteiger partial charge in [0.15, 0.2) is 5.78 Å². The van der Waals surface area contributed by atoms with Crippen molar-refractivity contribution in [3.63, 3.8) is 0 Å². The van der Waals surface area contributed by atoms with Crippen molar-refractivity contribution in [3.8, 4) is 0 Å². The monoisotopic (exact) mass is 337 g/mol. The van der Waals surface area contributed by atoms with Gasteiger partial charge in [0.25, 0.3) is 0 Å². The lowest BCUT2D eigenvalue weighted by Gasteiger charge is -2.26. The first kappa shape index (κ1) is 15.7. The summed E-state index contributed by atoms with van der Waals surface area (Å²) in [4.78, 5) is 14.6. The van der Waals surface area contributed by atoms with Gasteiger partial charge in [0, 0.05) is 29.0 Å². The van der Waals surface area contributed by atoms with Crippen molar-refractivity contribution in [2.75, 3.05) is 13.6 Å². The molecule has 1 fully saturated rings. The molecule has 2 nitrogen and oxygen atoms in total. The van der Waals surface area contributed by atoms with Crippen LogP contribution in [-0.2, 0) is 0 Å². The highest BCUT2D eigenvalue weighted by Gasteiger charge is 2.17. The second kappa shape index (κ2) is 7.94. The largest absolute Gasteiger partial charge is 0.303 e. The highest BCUT2D eigenvalue weighted by atomic mass is 79.9. The van der Waals surface area contributed by atoms with Crippen LogP contribution < -0.4 is 0 Å². The maximum absolute atomic E-state index is 12.2. The predicted octanol–water partition coefficient (Wildman–Crippen LogP) is 4.68. The first-order chi connectivity index (χ1) is 9.66. The number of carbonyl (C=O) groups excluding carboxylic acids is 1. The number of benzene rings is 1. The number of Topliss-reactive ketones (excluding diaryl/α,β-unsaturated/α-hetero) is 1. The van der Waals surface area contributed by atoms with E-state index in [-0.39, 0.29) is 5.78 Å². The molecular weight excluding hydrogens is 314 g/mol. The van der Waals surface area contributed by atoms with Crippen LogP contribution in [0.3, 0.4) is 0 Å². The molecule has 0 heterocycles. The lowest BCUT2D eigenvalue weighted by molar-refractivity contribution is 0.0957. The van der Waals surface area contributed by atoms with E-state index in [4.69, 9.17) is 0 Å². The van der Waals surface area contributed by atoms with Gasteiger partial charge in [0.2, 0.25) is 0 Å². The second-order valence-electron chi connectivity index (χ2n) is 5.81. The molecule has 1 aliphatic carbocycles. The van der Waals surface area contributed by atoms with E-state index >= 15 is 0 Å². The molecule has 0 spiro atoms. The Hall–Kier alpha value is -0.670. The number of rotatable bonds is 5. The van der Waals surface area contributed by atoms with Crippen LogP contribution in [0.2, 0.25) is 0 Å². The molecule has 0 aliphatic heterocycles. The van der Waals surface area contributed by atoms with E-state index in [1.54, 1.807) is 0 Å². The lowest BCUT2D eigenvalue weighted by Crippen LogP contribution is -2.33. The van der Waals surface area contributed by atoms with Gasteiger partial charge in [-0.1, -0.05) is 53.7 Å². The maximum Gasteiger partial charge on any atom is 0.164 e. The average molecular weight is 338 g/mol. The summed E-state index contributed by atoms with van der Waals surface area (Å²) in [5.74, 6) is 0.242. The Labute approximate surface area is 130 Å². The van der Waals surface area contributed by atoms with Gasteiger partial charge >= 0.3 is 0 Å². The third kappa shape index (κ3) is 4.71. The molecule has 1 aromatic rings. The van der Waals surface area contributed by atoms with Gasteiger partial charge < -0.3 is 4.90 Å². The molecular formula is C17H24BrNO. The second-order valence-corrected chi connectivity index (χ2v) is 6.73. The van der Waals surface area contributed by atoms with Gasteiger partial charge in [-0.3, -0.25) is 4.79 Å². The summed E-state index contributed by atoms with van der Waals surface area (Å²) in [6, 6.07) is 8.36. The third-order valence-corrected chi connectivity index (χ3v) is 4.78. The number of carbonyl (C=O) groups is 1. The Kier molecular flexibility index (Phi) is 6.24. The third-order valence-electron chi connectivity index (χ3n) is 4.29. The maximum atomic E-state index is 12.2. The molecule has 0 amide bonds. The van der Waals surface area contributed by atoms with Crippen molar-refractivity contribution in [2.24, 2.45) is 0 Å². The number of ketones is 1. The van der Waals surface area contributed by atoms with E-state index in [0.717, 1.165) is 16.6 Å². The molecule has 0 saturated heterocycles. The van der Waals surface area contributed by atoms with Crippen LogP contribution >= 0.6 is 15.9 Å². The molecule has 3 heteroatoms. The first-order valence-electron chi connectivity index (χ1n) is 7.66. The van der Waals surface area contributed by atoms with E-state index in [0.29, 0.717) is 12.5 Å². The SMILES string of the molecule is CN(CCC(=O)c1cccc(Br)c1)C1CCCCCC1. The minimum Gasteiger partial charge on any atom is -0.303 e. The number of hydrogen-bond donors (Lipinski definition) is 0. The summed E-state index contributed by atoms with van der Waals surface area (Å²) in [5.41, 5.74) is 0.814. The van der Waals surface area contributed by atoms with E-state index < -0.39 is 0 Å². The Balaban J connectivity index is 1.83. The van der Waals surface area contributed by atoms with Gasteiger partial charge in [0.05, 0.1) is 0 Å². The zero-order valence-electron chi connectivity index (χ0n) is 12.3. The topological polar surface area (TPSA) is 20.3 Å². The molecule has 0 bridgehead atoms. The van der Waals surface area contributed by atoms with Crippen molar-refractivity contribution in [1.82, 2.24) is 4.90 Å². The summed E-state index contributed by atoms with van der Waals surface area (Å²) < 4.78 is 0.973. The molecule has 1 aromatic carbocycles. The molecule has 0 atom stereocenters. The Morgan fingerprint density at radius 3 is 2.60 bits per heavy atom. The zero-order chi connectivity index (χ0) is 14.4. The highest BCUT2D eigenvalue weighted by molar-refractivity contribution is 9.10. The van der Waals surface area contributed by atoms with Crippen LogP contribution in [0.4, 0.5) is 0 Å². The first-order valence-corrected chi connectivity index (χ1v) is 8.45. The zero-order valence-corrected chi connectivity index (χ0v) is 13.9. The summed E-state index contributed by atoms with van der Waals surface area (Å²) in [6.07, 6.45) is 8.64. The van der Waals surface area contributed by atoms with Gasteiger partial charge in [-0.05, 0) is 32.0 Å². The molecule has 1 aliphatic rings. The van der Waals surface area contributed by atoms with Gasteiger partial charge in [-0.15, -0.1) is 0 Å². The number of hydrogen-bond acceptors (Lipinski definition) is 2. The van der Waals surface area contributed by atoms with Crippen molar-refractivity contribution >= 4 is 21.7 Å². The van der Waals surface area contributed by atoms with E-state index in [1.165, 1.54) is 38.5 Å². The predicted molar refractivity (Wildman–Crippen MR) is 87.2 cm³/mol. The van der Waals surface area contributed by atoms with Crippen molar-refractivity contribution in [2.45, 2.75) is 51.0 Å². The fourth-order valence-corrected chi connectivity index (χ4v) is 3.36. The van der Waals surface area contributed by atoms with Gasteiger partial charge in [0.1, 0.15) is 0 Å². The Bertz CT molecular complexity index is 438. The van der Waals surface area contributed by atoms with Crippen molar-refractivity contribution in [3.05, 3.63) is 34.3 Å². The Morgan fingerprint density at radius 1 is 1.25 bits per heavy atom. The van der Waals surface area contributed by atoms with E-state index in [2.05, 4.69) is 27.9 Å². The molecule has 0 N–H and O–H groups in total. The molecule has 0 aromatic heterocycles. The Morgan fingerprint density at radius 2 is 1.95 bits per heavy atom. The van der Waals surface area contributed by atoms with Crippen LogP contribution in [-0.4, -0.2) is 30.3 Å². The normalized spacial score (nSPS) is 17.1.